The Hall–Kier alpha value is -1.88. The van der Waals surface area contributed by atoms with Crippen molar-refractivity contribution in [3.05, 3.63) is 71.8 Å². The topological polar surface area (TPSA) is 38.8 Å². The minimum absolute atomic E-state index is 0. The number of morpholine rings is 1. The zero-order chi connectivity index (χ0) is 19.5. The average molecular weight is 414 g/mol. The molecular weight excluding hydrogens is 386 g/mol. The van der Waals surface area contributed by atoms with Crippen molar-refractivity contribution in [2.45, 2.75) is 55.6 Å². The number of ether oxygens (including phenoxy) is 2. The lowest BCUT2D eigenvalue weighted by molar-refractivity contribution is -0.938. The van der Waals surface area contributed by atoms with E-state index in [1.54, 1.807) is 0 Å². The Morgan fingerprint density at radius 3 is 1.83 bits per heavy atom. The standard InChI is InChI=1S/C24H28NO3.ClH/c1-24(16-10-6-4-7-11-16,17-12-8-5-9-13-17)23(26)27-18-14-19-21-22(28-21)20(15-18)25(19,2)3;/h4-13,18-22H,14-15H2,1-3H3;1H/q+1;/p-1/t18?,19-,20?,21-,22?;/m0./s1. The van der Waals surface area contributed by atoms with Gasteiger partial charge in [-0.1, -0.05) is 60.7 Å². The highest BCUT2D eigenvalue weighted by atomic mass is 35.5. The molecule has 5 rings (SSSR count). The summed E-state index contributed by atoms with van der Waals surface area (Å²) in [5, 5.41) is 0. The average Bonchev–Trinajstić information content (AvgIpc) is 3.47. The normalized spacial score (nSPS) is 31.3. The summed E-state index contributed by atoms with van der Waals surface area (Å²) in [6, 6.07) is 20.8. The van der Waals surface area contributed by atoms with Crippen LogP contribution in [0, 0.1) is 0 Å². The first-order chi connectivity index (χ1) is 13.4. The summed E-state index contributed by atoms with van der Waals surface area (Å²) in [4.78, 5) is 13.6. The van der Waals surface area contributed by atoms with Gasteiger partial charge >= 0.3 is 5.97 Å². The number of rotatable bonds is 4. The maximum Gasteiger partial charge on any atom is 0.321 e. The van der Waals surface area contributed by atoms with Gasteiger partial charge in [-0.05, 0) is 18.1 Å². The predicted molar refractivity (Wildman–Crippen MR) is 107 cm³/mol. The largest absolute Gasteiger partial charge is 1.00 e. The van der Waals surface area contributed by atoms with E-state index in [0.29, 0.717) is 24.3 Å². The van der Waals surface area contributed by atoms with Crippen molar-refractivity contribution in [2.24, 2.45) is 0 Å². The van der Waals surface area contributed by atoms with Crippen LogP contribution in [0.1, 0.15) is 30.9 Å². The SMILES string of the molecule is CC(C(=O)OC1CC2C3O[C@H]3[C@H](C1)[N+]2(C)C)(c1ccccc1)c1ccccc1.[Cl-]. The maximum atomic E-state index is 13.6. The number of esters is 1. The Labute approximate surface area is 178 Å². The molecule has 0 N–H and O–H groups in total. The van der Waals surface area contributed by atoms with Crippen molar-refractivity contribution >= 4 is 5.97 Å². The molecule has 2 aromatic carbocycles. The second kappa shape index (κ2) is 7.12. The maximum absolute atomic E-state index is 13.6. The zero-order valence-corrected chi connectivity index (χ0v) is 17.9. The van der Waals surface area contributed by atoms with Gasteiger partial charge in [0.2, 0.25) is 0 Å². The van der Waals surface area contributed by atoms with Gasteiger partial charge in [-0.2, -0.15) is 0 Å². The number of piperidine rings is 1. The molecule has 2 bridgehead atoms. The summed E-state index contributed by atoms with van der Waals surface area (Å²) >= 11 is 0. The number of benzene rings is 2. The van der Waals surface area contributed by atoms with Crippen LogP contribution in [-0.4, -0.2) is 54.9 Å². The summed E-state index contributed by atoms with van der Waals surface area (Å²) in [5.74, 6) is -0.156. The summed E-state index contributed by atoms with van der Waals surface area (Å²) in [6.45, 7) is 1.98. The number of nitrogens with zero attached hydrogens (tertiary/aromatic N) is 1. The monoisotopic (exact) mass is 413 g/mol. The Bertz CT molecular complexity index is 826. The van der Waals surface area contributed by atoms with E-state index in [1.165, 1.54) is 0 Å². The van der Waals surface area contributed by atoms with Crippen LogP contribution in [0.5, 0.6) is 0 Å². The highest BCUT2D eigenvalue weighted by Gasteiger charge is 2.70. The molecule has 5 atom stereocenters. The van der Waals surface area contributed by atoms with Gasteiger partial charge in [0, 0.05) is 12.8 Å². The van der Waals surface area contributed by atoms with Crippen molar-refractivity contribution in [1.82, 2.24) is 0 Å². The second-order valence-corrected chi connectivity index (χ2v) is 9.18. The van der Waals surface area contributed by atoms with Crippen molar-refractivity contribution in [2.75, 3.05) is 14.1 Å². The fraction of sp³-hybridized carbons (Fsp3) is 0.458. The molecule has 3 saturated heterocycles. The number of fused-ring (bicyclic) bond motifs is 5. The lowest BCUT2D eigenvalue weighted by atomic mass is 9.76. The molecule has 0 aromatic heterocycles. The van der Waals surface area contributed by atoms with Crippen LogP contribution < -0.4 is 12.4 Å². The molecule has 3 aliphatic heterocycles. The van der Waals surface area contributed by atoms with Gasteiger partial charge in [-0.25, -0.2) is 0 Å². The highest BCUT2D eigenvalue weighted by molar-refractivity contribution is 5.87. The number of hydrogen-bond donors (Lipinski definition) is 0. The molecule has 154 valence electrons. The number of likely N-dealkylation sites (N-methyl/N-ethyl adjacent to an activating group) is 1. The number of carbonyl (C=O) groups excluding carboxylic acids is 1. The number of carbonyl (C=O) groups is 1. The summed E-state index contributed by atoms with van der Waals surface area (Å²) < 4.78 is 13.1. The van der Waals surface area contributed by atoms with Crippen molar-refractivity contribution in [1.29, 1.82) is 0 Å². The number of halogens is 1. The molecule has 0 aliphatic carbocycles. The van der Waals surface area contributed by atoms with E-state index in [4.69, 9.17) is 9.47 Å². The van der Waals surface area contributed by atoms with Crippen molar-refractivity contribution < 1.29 is 31.2 Å². The first-order valence-corrected chi connectivity index (χ1v) is 10.2. The second-order valence-electron chi connectivity index (χ2n) is 9.18. The number of epoxide rings is 1. The highest BCUT2D eigenvalue weighted by Crippen LogP contribution is 2.52. The molecule has 0 saturated carbocycles. The van der Waals surface area contributed by atoms with E-state index >= 15 is 0 Å². The van der Waals surface area contributed by atoms with E-state index in [1.807, 2.05) is 67.6 Å². The lowest BCUT2D eigenvalue weighted by Gasteiger charge is -2.45. The summed E-state index contributed by atoms with van der Waals surface area (Å²) in [7, 11) is 4.59. The Balaban J connectivity index is 0.00000205. The molecule has 0 spiro atoms. The van der Waals surface area contributed by atoms with E-state index in [9.17, 15) is 4.79 Å². The van der Waals surface area contributed by atoms with Crippen molar-refractivity contribution in [3.63, 3.8) is 0 Å². The van der Waals surface area contributed by atoms with Crippen LogP contribution in [0.2, 0.25) is 0 Å². The minimum atomic E-state index is -0.817. The van der Waals surface area contributed by atoms with Crippen LogP contribution >= 0.6 is 0 Å². The molecule has 0 radical (unpaired) electrons. The molecule has 29 heavy (non-hydrogen) atoms. The zero-order valence-electron chi connectivity index (χ0n) is 17.1. The number of quaternary nitrogens is 1. The molecule has 3 unspecified atom stereocenters. The molecule has 3 fully saturated rings. The molecular formula is C24H28ClNO3. The van der Waals surface area contributed by atoms with Gasteiger partial charge in [0.1, 0.15) is 35.8 Å². The molecule has 2 aromatic rings. The van der Waals surface area contributed by atoms with Crippen LogP contribution in [0.15, 0.2) is 60.7 Å². The summed E-state index contributed by atoms with van der Waals surface area (Å²) in [5.41, 5.74) is 1.11. The fourth-order valence-electron chi connectivity index (χ4n) is 5.52. The fourth-order valence-corrected chi connectivity index (χ4v) is 5.52. The van der Waals surface area contributed by atoms with Crippen LogP contribution in [0.25, 0.3) is 0 Å². The van der Waals surface area contributed by atoms with E-state index < -0.39 is 5.41 Å². The molecule has 3 heterocycles. The van der Waals surface area contributed by atoms with Gasteiger partial charge < -0.3 is 26.4 Å². The predicted octanol–water partition coefficient (Wildman–Crippen LogP) is 0.297. The van der Waals surface area contributed by atoms with Gasteiger partial charge in [-0.15, -0.1) is 0 Å². The van der Waals surface area contributed by atoms with Crippen LogP contribution in [0.4, 0.5) is 0 Å². The third kappa shape index (κ3) is 3.09. The Kier molecular flexibility index (Phi) is 5.01. The lowest BCUT2D eigenvalue weighted by Crippen LogP contribution is -3.00. The van der Waals surface area contributed by atoms with Gasteiger partial charge in [-0.3, -0.25) is 4.79 Å². The first-order valence-electron chi connectivity index (χ1n) is 10.2. The van der Waals surface area contributed by atoms with Gasteiger partial charge in [0.15, 0.2) is 0 Å². The minimum Gasteiger partial charge on any atom is -1.00 e. The quantitative estimate of drug-likeness (QED) is 0.411. The molecule has 3 aliphatic rings. The first kappa shape index (κ1) is 20.4. The van der Waals surface area contributed by atoms with E-state index in [2.05, 4.69) is 14.1 Å². The molecule has 0 amide bonds. The van der Waals surface area contributed by atoms with Crippen LogP contribution in [0.3, 0.4) is 0 Å². The van der Waals surface area contributed by atoms with Gasteiger partial charge in [0.25, 0.3) is 0 Å². The molecule has 5 heteroatoms. The Morgan fingerprint density at radius 1 is 0.931 bits per heavy atom. The van der Waals surface area contributed by atoms with Gasteiger partial charge in [0.05, 0.1) is 14.1 Å². The Morgan fingerprint density at radius 2 is 1.38 bits per heavy atom. The van der Waals surface area contributed by atoms with E-state index in [0.717, 1.165) is 28.5 Å². The molecule has 4 nitrogen and oxygen atoms in total. The third-order valence-corrected chi connectivity index (χ3v) is 7.42. The number of hydrogen-bond acceptors (Lipinski definition) is 3. The smallest absolute Gasteiger partial charge is 0.321 e. The summed E-state index contributed by atoms with van der Waals surface area (Å²) in [6.07, 6.45) is 2.46. The third-order valence-electron chi connectivity index (χ3n) is 7.42. The van der Waals surface area contributed by atoms with Crippen LogP contribution in [-0.2, 0) is 19.7 Å². The van der Waals surface area contributed by atoms with E-state index in [-0.39, 0.29) is 24.5 Å². The van der Waals surface area contributed by atoms with Crippen molar-refractivity contribution in [3.8, 4) is 0 Å².